The van der Waals surface area contributed by atoms with Gasteiger partial charge in [0.15, 0.2) is 5.75 Å². The van der Waals surface area contributed by atoms with Crippen LogP contribution in [-0.4, -0.2) is 45.5 Å². The van der Waals surface area contributed by atoms with Gasteiger partial charge in [-0.05, 0) is 73.2 Å². The summed E-state index contributed by atoms with van der Waals surface area (Å²) in [5, 5.41) is 5.01. The molecule has 3 N–H and O–H groups in total. The van der Waals surface area contributed by atoms with Crippen molar-refractivity contribution in [2.75, 3.05) is 21.1 Å². The van der Waals surface area contributed by atoms with Crippen molar-refractivity contribution < 1.29 is 30.8 Å². The van der Waals surface area contributed by atoms with Crippen molar-refractivity contribution in [2.24, 2.45) is 7.05 Å². The minimum Gasteiger partial charge on any atom is -0.330 e. The Kier molecular flexibility index (Phi) is 9.12. The summed E-state index contributed by atoms with van der Waals surface area (Å²) in [6.07, 6.45) is 1.26. The van der Waals surface area contributed by atoms with Gasteiger partial charge in [-0.2, -0.15) is 13.2 Å². The third-order valence-corrected chi connectivity index (χ3v) is 9.36. The lowest BCUT2D eigenvalue weighted by Gasteiger charge is -2.32. The number of para-hydroxylation sites is 1. The lowest BCUT2D eigenvalue weighted by molar-refractivity contribution is -0.106. The van der Waals surface area contributed by atoms with Crippen molar-refractivity contribution in [3.63, 3.8) is 0 Å². The highest BCUT2D eigenvalue weighted by Crippen LogP contribution is 2.39. The number of nitrogens with one attached hydrogen (secondary N) is 3. The molecule has 2 amide bonds. The van der Waals surface area contributed by atoms with E-state index in [0.717, 1.165) is 10.6 Å². The normalized spacial score (nSPS) is 12.1. The Bertz CT molecular complexity index is 2380. The topological polar surface area (TPSA) is 140 Å². The maximum absolute atomic E-state index is 14.2. The van der Waals surface area contributed by atoms with Crippen LogP contribution >= 0.6 is 0 Å². The molecule has 0 saturated heterocycles. The first-order valence-electron chi connectivity index (χ1n) is 15.2. The fourth-order valence-electron chi connectivity index (χ4n) is 5.78. The number of nitrogens with zero attached hydrogens (tertiary/aromatic N) is 4. The number of hydrogen-bond acceptors (Lipinski definition) is 6. The van der Waals surface area contributed by atoms with E-state index in [-0.39, 0.29) is 33.6 Å². The molecule has 0 aliphatic carbocycles. The first kappa shape index (κ1) is 34.8. The second kappa shape index (κ2) is 13.4. The number of sulfonamides is 1. The van der Waals surface area contributed by atoms with Gasteiger partial charge in [0.05, 0.1) is 28.3 Å². The van der Waals surface area contributed by atoms with Crippen molar-refractivity contribution in [1.29, 1.82) is 0 Å². The van der Waals surface area contributed by atoms with Crippen molar-refractivity contribution in [2.45, 2.75) is 18.6 Å². The molecule has 262 valence electrons. The van der Waals surface area contributed by atoms with E-state index in [1.54, 1.807) is 71.7 Å². The van der Waals surface area contributed by atoms with E-state index in [4.69, 9.17) is 0 Å². The van der Waals surface area contributed by atoms with Crippen LogP contribution in [0.15, 0.2) is 115 Å². The number of amides is 2. The number of carbonyl (C=O) groups excluding carboxylic acids is 1. The molecule has 0 spiro atoms. The van der Waals surface area contributed by atoms with Gasteiger partial charge in [-0.1, -0.05) is 24.3 Å². The van der Waals surface area contributed by atoms with Gasteiger partial charge >= 0.3 is 12.2 Å². The van der Waals surface area contributed by atoms with Crippen LogP contribution in [0.3, 0.4) is 0 Å². The first-order valence-corrected chi connectivity index (χ1v) is 16.9. The molecule has 0 saturated carbocycles. The highest BCUT2D eigenvalue weighted by molar-refractivity contribution is 7.92. The molecule has 6 aromatic rings. The molecular formula is C35H29F4N7O4S. The second-order valence-corrected chi connectivity index (χ2v) is 13.5. The molecule has 4 heterocycles. The molecule has 51 heavy (non-hydrogen) atoms. The Morgan fingerprint density at radius 3 is 2.04 bits per heavy atom. The molecular weight excluding hydrogens is 690 g/mol. The smallest absolute Gasteiger partial charge is 0.330 e. The number of aryl methyl sites for hydroxylation is 1. The van der Waals surface area contributed by atoms with Gasteiger partial charge in [0.1, 0.15) is 17.0 Å². The molecule has 0 radical (unpaired) electrons. The van der Waals surface area contributed by atoms with Gasteiger partial charge < -0.3 is 19.8 Å². The van der Waals surface area contributed by atoms with Gasteiger partial charge in [0, 0.05) is 42.8 Å². The van der Waals surface area contributed by atoms with Crippen molar-refractivity contribution >= 4 is 44.0 Å². The van der Waals surface area contributed by atoms with Crippen LogP contribution in [0, 0.1) is 5.82 Å². The Hall–Kier alpha value is -6.03. The number of aromatic nitrogens is 4. The third kappa shape index (κ3) is 7.30. The van der Waals surface area contributed by atoms with Gasteiger partial charge in [0.2, 0.25) is 10.0 Å². The van der Waals surface area contributed by atoms with E-state index >= 15 is 0 Å². The lowest BCUT2D eigenvalue weighted by Crippen LogP contribution is -2.34. The maximum Gasteiger partial charge on any atom is 0.404 e. The lowest BCUT2D eigenvalue weighted by atomic mass is 9.91. The average Bonchev–Trinajstić information content (AvgIpc) is 3.52. The zero-order valence-electron chi connectivity index (χ0n) is 26.9. The van der Waals surface area contributed by atoms with Crippen molar-refractivity contribution in [1.82, 2.24) is 19.1 Å². The van der Waals surface area contributed by atoms with E-state index in [0.29, 0.717) is 16.9 Å². The van der Waals surface area contributed by atoms with Crippen LogP contribution in [0.4, 0.5) is 39.4 Å². The van der Waals surface area contributed by atoms with E-state index in [9.17, 15) is 35.6 Å². The van der Waals surface area contributed by atoms with Crippen molar-refractivity contribution in [3.8, 4) is 11.1 Å². The third-order valence-electron chi connectivity index (χ3n) is 8.12. The van der Waals surface area contributed by atoms with E-state index in [1.165, 1.54) is 43.6 Å². The molecule has 16 heteroatoms. The largest absolute Gasteiger partial charge is 0.404 e. The predicted molar refractivity (Wildman–Crippen MR) is 185 cm³/mol. The molecule has 2 aromatic carbocycles. The fourth-order valence-corrected chi connectivity index (χ4v) is 6.79. The van der Waals surface area contributed by atoms with Crippen LogP contribution in [0.1, 0.15) is 18.3 Å². The van der Waals surface area contributed by atoms with Gasteiger partial charge in [-0.3, -0.25) is 19.5 Å². The number of anilines is 3. The molecule has 0 fully saturated rings. The molecule has 0 bridgehead atoms. The number of fused-ring (bicyclic) bond motifs is 1. The molecule has 0 atom stereocenters. The summed E-state index contributed by atoms with van der Waals surface area (Å²) in [5.41, 5.74) is -0.236. The van der Waals surface area contributed by atoms with E-state index < -0.39 is 44.9 Å². The van der Waals surface area contributed by atoms with Crippen LogP contribution in [-0.2, 0) is 22.6 Å². The average molecular weight is 720 g/mol. The van der Waals surface area contributed by atoms with Crippen LogP contribution in [0.2, 0.25) is 0 Å². The second-order valence-electron chi connectivity index (χ2n) is 11.7. The van der Waals surface area contributed by atoms with Gasteiger partial charge in [-0.15, -0.1) is 0 Å². The van der Waals surface area contributed by atoms with E-state index in [1.807, 2.05) is 6.92 Å². The Morgan fingerprint density at radius 2 is 1.43 bits per heavy atom. The number of rotatable bonds is 9. The number of pyridine rings is 3. The number of halogens is 4. The Balaban J connectivity index is 1.54. The Morgan fingerprint density at radius 1 is 0.824 bits per heavy atom. The molecule has 0 aliphatic rings. The molecule has 11 nitrogen and oxygen atoms in total. The number of benzene rings is 2. The quantitative estimate of drug-likeness (QED) is 0.142. The van der Waals surface area contributed by atoms with Crippen LogP contribution in [0.5, 0.6) is 0 Å². The zero-order chi connectivity index (χ0) is 36.6. The summed E-state index contributed by atoms with van der Waals surface area (Å²) in [6, 6.07) is 21.0. The van der Waals surface area contributed by atoms with Gasteiger partial charge in [-0.25, -0.2) is 17.6 Å². The molecule has 0 unspecified atom stereocenters. The zero-order valence-corrected chi connectivity index (χ0v) is 27.8. The first-order chi connectivity index (χ1) is 24.1. The van der Waals surface area contributed by atoms with Crippen LogP contribution in [0.25, 0.3) is 22.0 Å². The summed E-state index contributed by atoms with van der Waals surface area (Å²) in [4.78, 5) is 35.1. The highest BCUT2D eigenvalue weighted by atomic mass is 32.2. The Labute approximate surface area is 288 Å². The monoisotopic (exact) mass is 719 g/mol. The van der Waals surface area contributed by atoms with E-state index in [2.05, 4.69) is 25.3 Å². The predicted octanol–water partition coefficient (Wildman–Crippen LogP) is 6.70. The van der Waals surface area contributed by atoms with Gasteiger partial charge in [0.25, 0.3) is 5.56 Å². The molecule has 0 aliphatic heterocycles. The van der Waals surface area contributed by atoms with Crippen LogP contribution < -0.4 is 20.9 Å². The standard InChI is InChI=1S/C35H29F4N7O4S/c1-34(30-11-5-7-14-40-30,31-12-6-8-15-41-31)46-16-13-24-27(44-51(49,50)21-35(37,38)39)17-22(19-29(24)46)23-18-28(32(47)45(2)20-23)43-33(48)42-26-10-4-3-9-25(26)36/h3-20,44H,21H2,1-2H3,(H2,42,43,48). The maximum atomic E-state index is 14.2. The number of hydrogen-bond donors (Lipinski definition) is 3. The summed E-state index contributed by atoms with van der Waals surface area (Å²) in [6.45, 7) is 1.85. The number of urea groups is 1. The minimum atomic E-state index is -5.02. The highest BCUT2D eigenvalue weighted by Gasteiger charge is 2.37. The minimum absolute atomic E-state index is 0.131. The summed E-state index contributed by atoms with van der Waals surface area (Å²) >= 11 is 0. The number of carbonyl (C=O) groups is 1. The van der Waals surface area contributed by atoms with Crippen molar-refractivity contribution in [3.05, 3.63) is 137 Å². The number of alkyl halides is 3. The molecule has 4 aromatic heterocycles. The summed E-state index contributed by atoms with van der Waals surface area (Å²) < 4.78 is 84.8. The molecule has 6 rings (SSSR count). The SMILES string of the molecule is Cn1cc(-c2cc(NS(=O)(=O)CC(F)(F)F)c3ccn(C(C)(c4ccccn4)c4ccccn4)c3c2)cc(NC(=O)Nc2ccccc2F)c1=O. The summed E-state index contributed by atoms with van der Waals surface area (Å²) in [5.74, 6) is -2.83. The summed E-state index contributed by atoms with van der Waals surface area (Å²) in [7, 11) is -3.53. The fraction of sp³-hybridized carbons (Fsp3) is 0.143.